The summed E-state index contributed by atoms with van der Waals surface area (Å²) in [4.78, 5) is 27.7. The van der Waals surface area contributed by atoms with E-state index in [9.17, 15) is 19.8 Å². The minimum atomic E-state index is -0.815. The smallest absolute Gasteiger partial charge is 0.295 e. The number of amides is 1. The molecule has 3 aromatic carbocycles. The number of nitrogens with zero attached hydrogens (tertiary/aromatic N) is 1. The molecule has 4 rings (SSSR count). The highest BCUT2D eigenvalue weighted by Gasteiger charge is 2.46. The molecule has 1 aliphatic heterocycles. The minimum absolute atomic E-state index is 0.0162. The Hall–Kier alpha value is -3.57. The maximum absolute atomic E-state index is 13.2. The summed E-state index contributed by atoms with van der Waals surface area (Å²) in [6, 6.07) is 18.5. The fraction of sp³-hybridized carbons (Fsp3) is 0.185. The van der Waals surface area contributed by atoms with Crippen LogP contribution in [0.15, 0.2) is 72.3 Å². The standard InChI is InChI=1S/C27H24ClNO4/c1-16-6-7-17(2)22(14-16)25(31)23-24(19-4-3-5-21(30)15-19)29(27(33)26(23)32)13-12-18-8-10-20(28)11-9-18/h3-11,14-15,24,30-31H,12-13H2,1-2H3/b25-23+. The lowest BCUT2D eigenvalue weighted by Gasteiger charge is -2.25. The summed E-state index contributed by atoms with van der Waals surface area (Å²) in [6.45, 7) is 4.00. The summed E-state index contributed by atoms with van der Waals surface area (Å²) < 4.78 is 0. The van der Waals surface area contributed by atoms with E-state index >= 15 is 0 Å². The number of Topliss-reactive ketones (excluding diaryl/α,β-unsaturated/α-hetero) is 1. The summed E-state index contributed by atoms with van der Waals surface area (Å²) >= 11 is 5.97. The van der Waals surface area contributed by atoms with Gasteiger partial charge in [-0.1, -0.05) is 53.6 Å². The second-order valence-corrected chi connectivity index (χ2v) is 8.72. The van der Waals surface area contributed by atoms with Crippen molar-refractivity contribution in [3.8, 4) is 5.75 Å². The lowest BCUT2D eigenvalue weighted by Crippen LogP contribution is -2.31. The van der Waals surface area contributed by atoms with Crippen molar-refractivity contribution in [1.82, 2.24) is 4.90 Å². The van der Waals surface area contributed by atoms with Gasteiger partial charge in [-0.05, 0) is 67.3 Å². The summed E-state index contributed by atoms with van der Waals surface area (Å²) in [5.41, 5.74) is 3.77. The molecule has 1 atom stereocenters. The van der Waals surface area contributed by atoms with Crippen LogP contribution in [0.3, 0.4) is 0 Å². The van der Waals surface area contributed by atoms with Gasteiger partial charge in [-0.15, -0.1) is 0 Å². The van der Waals surface area contributed by atoms with Gasteiger partial charge in [0.15, 0.2) is 0 Å². The predicted octanol–water partition coefficient (Wildman–Crippen LogP) is 5.33. The van der Waals surface area contributed by atoms with E-state index in [1.807, 2.05) is 38.1 Å². The maximum atomic E-state index is 13.2. The van der Waals surface area contributed by atoms with Crippen LogP contribution in [0.25, 0.3) is 5.76 Å². The Bertz CT molecular complexity index is 1260. The zero-order valence-corrected chi connectivity index (χ0v) is 19.1. The number of benzene rings is 3. The SMILES string of the molecule is Cc1ccc(C)c(/C(O)=C2\C(=O)C(=O)N(CCc3ccc(Cl)cc3)C2c2cccc(O)c2)c1. The van der Waals surface area contributed by atoms with Gasteiger partial charge in [-0.3, -0.25) is 9.59 Å². The molecule has 33 heavy (non-hydrogen) atoms. The molecule has 1 unspecified atom stereocenters. The third kappa shape index (κ3) is 4.50. The van der Waals surface area contributed by atoms with Crippen molar-refractivity contribution in [3.05, 3.63) is 105 Å². The number of rotatable bonds is 5. The largest absolute Gasteiger partial charge is 0.508 e. The first-order chi connectivity index (χ1) is 15.8. The molecule has 0 radical (unpaired) electrons. The molecule has 0 aromatic heterocycles. The number of aromatic hydroxyl groups is 1. The van der Waals surface area contributed by atoms with Crippen LogP contribution < -0.4 is 0 Å². The van der Waals surface area contributed by atoms with Gasteiger partial charge in [0.05, 0.1) is 11.6 Å². The number of aliphatic hydroxyl groups excluding tert-OH is 1. The first kappa shape index (κ1) is 22.6. The Labute approximate surface area is 197 Å². The zero-order chi connectivity index (χ0) is 23.7. The quantitative estimate of drug-likeness (QED) is 0.306. The van der Waals surface area contributed by atoms with Crippen molar-refractivity contribution < 1.29 is 19.8 Å². The topological polar surface area (TPSA) is 77.8 Å². The number of hydrogen-bond donors (Lipinski definition) is 2. The Morgan fingerprint density at radius 2 is 1.73 bits per heavy atom. The lowest BCUT2D eigenvalue weighted by atomic mass is 9.93. The maximum Gasteiger partial charge on any atom is 0.295 e. The number of carbonyl (C=O) groups excluding carboxylic acids is 2. The Morgan fingerprint density at radius 1 is 1.00 bits per heavy atom. The van der Waals surface area contributed by atoms with E-state index < -0.39 is 17.7 Å². The van der Waals surface area contributed by atoms with Gasteiger partial charge in [0.1, 0.15) is 11.5 Å². The molecule has 0 aliphatic carbocycles. The van der Waals surface area contributed by atoms with Crippen LogP contribution in [0.2, 0.25) is 5.02 Å². The molecule has 0 spiro atoms. The van der Waals surface area contributed by atoms with Gasteiger partial charge >= 0.3 is 0 Å². The van der Waals surface area contributed by atoms with Crippen LogP contribution in [0.5, 0.6) is 5.75 Å². The van der Waals surface area contributed by atoms with Crippen LogP contribution >= 0.6 is 11.6 Å². The summed E-state index contributed by atoms with van der Waals surface area (Å²) in [6.07, 6.45) is 0.503. The molecule has 0 bridgehead atoms. The Balaban J connectivity index is 1.81. The molecule has 168 valence electrons. The van der Waals surface area contributed by atoms with Crippen molar-refractivity contribution in [2.45, 2.75) is 26.3 Å². The number of halogens is 1. The highest BCUT2D eigenvalue weighted by atomic mass is 35.5. The number of phenols is 1. The van der Waals surface area contributed by atoms with Crippen LogP contribution in [0, 0.1) is 13.8 Å². The number of hydrogen-bond acceptors (Lipinski definition) is 4. The van der Waals surface area contributed by atoms with Crippen molar-refractivity contribution in [1.29, 1.82) is 0 Å². The van der Waals surface area contributed by atoms with E-state index in [1.54, 1.807) is 30.3 Å². The average Bonchev–Trinajstić information content (AvgIpc) is 3.04. The summed E-state index contributed by atoms with van der Waals surface area (Å²) in [5, 5.41) is 21.9. The lowest BCUT2D eigenvalue weighted by molar-refractivity contribution is -0.139. The van der Waals surface area contributed by atoms with E-state index in [-0.39, 0.29) is 23.6 Å². The molecule has 3 aromatic rings. The van der Waals surface area contributed by atoms with Gasteiger partial charge < -0.3 is 15.1 Å². The van der Waals surface area contributed by atoms with E-state index in [1.165, 1.54) is 17.0 Å². The van der Waals surface area contributed by atoms with Crippen LogP contribution in [0.1, 0.15) is 33.9 Å². The Morgan fingerprint density at radius 3 is 2.42 bits per heavy atom. The van der Waals surface area contributed by atoms with E-state index in [4.69, 9.17) is 11.6 Å². The summed E-state index contributed by atoms with van der Waals surface area (Å²) in [5.74, 6) is -1.61. The van der Waals surface area contributed by atoms with Gasteiger partial charge in [0.25, 0.3) is 11.7 Å². The molecule has 5 nitrogen and oxygen atoms in total. The fourth-order valence-electron chi connectivity index (χ4n) is 4.19. The van der Waals surface area contributed by atoms with Gasteiger partial charge in [-0.2, -0.15) is 0 Å². The monoisotopic (exact) mass is 461 g/mol. The van der Waals surface area contributed by atoms with E-state index in [0.29, 0.717) is 22.6 Å². The zero-order valence-electron chi connectivity index (χ0n) is 18.4. The van der Waals surface area contributed by atoms with Crippen molar-refractivity contribution >= 4 is 29.1 Å². The van der Waals surface area contributed by atoms with E-state index in [2.05, 4.69) is 0 Å². The van der Waals surface area contributed by atoms with Crippen LogP contribution in [0.4, 0.5) is 0 Å². The van der Waals surface area contributed by atoms with Crippen molar-refractivity contribution in [3.63, 3.8) is 0 Å². The molecular weight excluding hydrogens is 438 g/mol. The van der Waals surface area contributed by atoms with Gasteiger partial charge in [-0.25, -0.2) is 0 Å². The molecule has 0 saturated carbocycles. The molecule has 1 heterocycles. The van der Waals surface area contributed by atoms with Crippen LogP contribution in [-0.4, -0.2) is 33.3 Å². The van der Waals surface area contributed by atoms with Gasteiger partial charge in [0, 0.05) is 17.1 Å². The number of carbonyl (C=O) groups is 2. The highest BCUT2D eigenvalue weighted by Crippen LogP contribution is 2.40. The number of likely N-dealkylation sites (tertiary alicyclic amines) is 1. The highest BCUT2D eigenvalue weighted by molar-refractivity contribution is 6.46. The third-order valence-corrected chi connectivity index (χ3v) is 6.18. The predicted molar refractivity (Wildman–Crippen MR) is 128 cm³/mol. The summed E-state index contributed by atoms with van der Waals surface area (Å²) in [7, 11) is 0. The molecule has 2 N–H and O–H groups in total. The number of aliphatic hydroxyl groups is 1. The third-order valence-electron chi connectivity index (χ3n) is 5.93. The van der Waals surface area contributed by atoms with Gasteiger partial charge in [0.2, 0.25) is 0 Å². The first-order valence-corrected chi connectivity index (χ1v) is 11.0. The molecule has 6 heteroatoms. The Kier molecular flexibility index (Phi) is 6.25. The second-order valence-electron chi connectivity index (χ2n) is 8.28. The minimum Gasteiger partial charge on any atom is -0.508 e. The first-order valence-electron chi connectivity index (χ1n) is 10.7. The number of aryl methyl sites for hydroxylation is 2. The second kappa shape index (κ2) is 9.12. The molecule has 1 aliphatic rings. The number of phenolic OH excluding ortho intramolecular Hbond substituents is 1. The van der Waals surface area contributed by atoms with Crippen molar-refractivity contribution in [2.75, 3.05) is 6.54 Å². The molecule has 1 fully saturated rings. The molecular formula is C27H24ClNO4. The van der Waals surface area contributed by atoms with E-state index in [0.717, 1.165) is 16.7 Å². The normalized spacial score (nSPS) is 17.5. The van der Waals surface area contributed by atoms with Crippen molar-refractivity contribution in [2.24, 2.45) is 0 Å². The molecule has 1 amide bonds. The number of ketones is 1. The van der Waals surface area contributed by atoms with Crippen LogP contribution in [-0.2, 0) is 16.0 Å². The molecule has 1 saturated heterocycles. The fourth-order valence-corrected chi connectivity index (χ4v) is 4.31. The average molecular weight is 462 g/mol.